The van der Waals surface area contributed by atoms with Gasteiger partial charge in [-0.15, -0.1) is 0 Å². The van der Waals surface area contributed by atoms with Gasteiger partial charge in [-0.1, -0.05) is 0 Å². The van der Waals surface area contributed by atoms with Crippen LogP contribution in [0.5, 0.6) is 0 Å². The van der Waals surface area contributed by atoms with Crippen LogP contribution >= 0.6 is 0 Å². The SMILES string of the molecule is CN(Cc1nccn1C(F)F)C(=O)CCc1ccco1. The average Bonchev–Trinajstić information content (AvgIpc) is 3.06. The molecule has 2 rings (SSSR count). The van der Waals surface area contributed by atoms with Crippen molar-refractivity contribution in [1.29, 1.82) is 0 Å². The fourth-order valence-corrected chi connectivity index (χ4v) is 1.82. The molecule has 0 radical (unpaired) electrons. The van der Waals surface area contributed by atoms with Crippen LogP contribution < -0.4 is 0 Å². The van der Waals surface area contributed by atoms with Crippen LogP contribution in [0.4, 0.5) is 8.78 Å². The van der Waals surface area contributed by atoms with Crippen LogP contribution in [-0.4, -0.2) is 27.4 Å². The predicted octanol–water partition coefficient (Wildman–Crippen LogP) is 2.46. The van der Waals surface area contributed by atoms with Crippen LogP contribution in [0.2, 0.25) is 0 Å². The van der Waals surface area contributed by atoms with Gasteiger partial charge in [0.2, 0.25) is 5.91 Å². The average molecular weight is 283 g/mol. The zero-order chi connectivity index (χ0) is 14.5. The summed E-state index contributed by atoms with van der Waals surface area (Å²) in [6.07, 6.45) is 4.78. The highest BCUT2D eigenvalue weighted by Crippen LogP contribution is 2.14. The van der Waals surface area contributed by atoms with E-state index in [1.807, 2.05) is 0 Å². The highest BCUT2D eigenvalue weighted by molar-refractivity contribution is 5.75. The van der Waals surface area contributed by atoms with E-state index in [2.05, 4.69) is 4.98 Å². The zero-order valence-electron chi connectivity index (χ0n) is 11.0. The first kappa shape index (κ1) is 14.2. The Morgan fingerprint density at radius 3 is 3.00 bits per heavy atom. The number of nitrogens with zero attached hydrogens (tertiary/aromatic N) is 3. The second-order valence-electron chi connectivity index (χ2n) is 4.36. The molecule has 0 unspecified atom stereocenters. The van der Waals surface area contributed by atoms with E-state index < -0.39 is 6.55 Å². The van der Waals surface area contributed by atoms with Crippen molar-refractivity contribution in [1.82, 2.24) is 14.5 Å². The summed E-state index contributed by atoms with van der Waals surface area (Å²) in [4.78, 5) is 17.1. The molecular weight excluding hydrogens is 268 g/mol. The molecule has 0 aliphatic heterocycles. The topological polar surface area (TPSA) is 51.3 Å². The summed E-state index contributed by atoms with van der Waals surface area (Å²) in [5.74, 6) is 0.736. The Kier molecular flexibility index (Phi) is 4.49. The van der Waals surface area contributed by atoms with Crippen molar-refractivity contribution >= 4 is 5.91 Å². The van der Waals surface area contributed by atoms with Gasteiger partial charge in [0.25, 0.3) is 0 Å². The summed E-state index contributed by atoms with van der Waals surface area (Å²) in [5.41, 5.74) is 0. The molecule has 0 fully saturated rings. The third-order valence-electron chi connectivity index (χ3n) is 2.93. The molecule has 7 heteroatoms. The Bertz CT molecular complexity index is 552. The summed E-state index contributed by atoms with van der Waals surface area (Å²) >= 11 is 0. The molecule has 5 nitrogen and oxygen atoms in total. The van der Waals surface area contributed by atoms with E-state index in [-0.39, 0.29) is 24.7 Å². The molecule has 0 aliphatic carbocycles. The van der Waals surface area contributed by atoms with Gasteiger partial charge in [0.05, 0.1) is 12.8 Å². The molecule has 0 saturated carbocycles. The third-order valence-corrected chi connectivity index (χ3v) is 2.93. The van der Waals surface area contributed by atoms with Crippen LogP contribution in [0.25, 0.3) is 0 Å². The lowest BCUT2D eigenvalue weighted by molar-refractivity contribution is -0.130. The van der Waals surface area contributed by atoms with Gasteiger partial charge in [-0.05, 0) is 12.1 Å². The number of imidazole rings is 1. The number of carbonyl (C=O) groups excluding carboxylic acids is 1. The maximum atomic E-state index is 12.7. The first-order chi connectivity index (χ1) is 9.58. The number of aromatic nitrogens is 2. The van der Waals surface area contributed by atoms with E-state index in [0.29, 0.717) is 6.42 Å². The molecule has 0 saturated heterocycles. The molecule has 1 amide bonds. The van der Waals surface area contributed by atoms with Crippen LogP contribution in [0.1, 0.15) is 24.6 Å². The molecular formula is C13H15F2N3O2. The van der Waals surface area contributed by atoms with Gasteiger partial charge in [-0.25, -0.2) is 4.98 Å². The van der Waals surface area contributed by atoms with Gasteiger partial charge in [0.1, 0.15) is 11.6 Å². The minimum Gasteiger partial charge on any atom is -0.469 e. The monoisotopic (exact) mass is 283 g/mol. The van der Waals surface area contributed by atoms with Crippen LogP contribution in [0.3, 0.4) is 0 Å². The van der Waals surface area contributed by atoms with Gasteiger partial charge in [-0.3, -0.25) is 9.36 Å². The van der Waals surface area contributed by atoms with Crippen LogP contribution in [0.15, 0.2) is 35.2 Å². The van der Waals surface area contributed by atoms with Gasteiger partial charge >= 0.3 is 6.55 Å². The van der Waals surface area contributed by atoms with Crippen molar-refractivity contribution < 1.29 is 18.0 Å². The summed E-state index contributed by atoms with van der Waals surface area (Å²) < 4.78 is 31.2. The van der Waals surface area contributed by atoms with E-state index in [0.717, 1.165) is 10.3 Å². The van der Waals surface area contributed by atoms with E-state index in [9.17, 15) is 13.6 Å². The summed E-state index contributed by atoms with van der Waals surface area (Å²) in [6, 6.07) is 3.54. The summed E-state index contributed by atoms with van der Waals surface area (Å²) in [7, 11) is 1.56. The number of halogens is 2. The normalized spacial score (nSPS) is 11.0. The molecule has 0 spiro atoms. The number of rotatable bonds is 6. The number of aryl methyl sites for hydroxylation is 1. The fourth-order valence-electron chi connectivity index (χ4n) is 1.82. The highest BCUT2D eigenvalue weighted by Gasteiger charge is 2.16. The van der Waals surface area contributed by atoms with E-state index in [4.69, 9.17) is 4.42 Å². The number of furan rings is 1. The minimum absolute atomic E-state index is 0.0499. The third kappa shape index (κ3) is 3.43. The lowest BCUT2D eigenvalue weighted by Gasteiger charge is -2.17. The highest BCUT2D eigenvalue weighted by atomic mass is 19.3. The Labute approximate surface area is 114 Å². The maximum Gasteiger partial charge on any atom is 0.319 e. The Morgan fingerprint density at radius 1 is 1.55 bits per heavy atom. The number of carbonyl (C=O) groups is 1. The summed E-state index contributed by atoms with van der Waals surface area (Å²) in [5, 5.41) is 0. The number of amides is 1. The second-order valence-corrected chi connectivity index (χ2v) is 4.36. The van der Waals surface area contributed by atoms with E-state index in [1.54, 1.807) is 25.4 Å². The predicted molar refractivity (Wildman–Crippen MR) is 67.0 cm³/mol. The van der Waals surface area contributed by atoms with Gasteiger partial charge in [0, 0.05) is 32.3 Å². The molecule has 0 bridgehead atoms. The summed E-state index contributed by atoms with van der Waals surface area (Å²) in [6.45, 7) is -2.60. The molecule has 108 valence electrons. The van der Waals surface area contributed by atoms with E-state index in [1.165, 1.54) is 17.3 Å². The Morgan fingerprint density at radius 2 is 2.35 bits per heavy atom. The lowest BCUT2D eigenvalue weighted by atomic mass is 10.2. The second kappa shape index (κ2) is 6.31. The van der Waals surface area contributed by atoms with Crippen molar-refractivity contribution in [3.8, 4) is 0 Å². The minimum atomic E-state index is -2.65. The van der Waals surface area contributed by atoms with Crippen molar-refractivity contribution in [2.24, 2.45) is 0 Å². The van der Waals surface area contributed by atoms with Crippen LogP contribution in [-0.2, 0) is 17.8 Å². The van der Waals surface area contributed by atoms with Gasteiger partial charge in [0.15, 0.2) is 0 Å². The molecule has 0 N–H and O–H groups in total. The Hall–Kier alpha value is -2.18. The number of hydrogen-bond donors (Lipinski definition) is 0. The molecule has 0 aromatic carbocycles. The van der Waals surface area contributed by atoms with Crippen molar-refractivity contribution in [2.75, 3.05) is 7.05 Å². The maximum absolute atomic E-state index is 12.7. The quantitative estimate of drug-likeness (QED) is 0.818. The van der Waals surface area contributed by atoms with E-state index >= 15 is 0 Å². The van der Waals surface area contributed by atoms with Gasteiger partial charge in [-0.2, -0.15) is 8.78 Å². The Balaban J connectivity index is 1.89. The van der Waals surface area contributed by atoms with Crippen molar-refractivity contribution in [3.05, 3.63) is 42.4 Å². The number of hydrogen-bond acceptors (Lipinski definition) is 3. The molecule has 2 heterocycles. The largest absolute Gasteiger partial charge is 0.469 e. The van der Waals surface area contributed by atoms with Gasteiger partial charge < -0.3 is 9.32 Å². The smallest absolute Gasteiger partial charge is 0.319 e. The lowest BCUT2D eigenvalue weighted by Crippen LogP contribution is -2.28. The fraction of sp³-hybridized carbons (Fsp3) is 0.385. The molecule has 2 aromatic heterocycles. The van der Waals surface area contributed by atoms with Crippen molar-refractivity contribution in [2.45, 2.75) is 25.9 Å². The zero-order valence-corrected chi connectivity index (χ0v) is 11.0. The van der Waals surface area contributed by atoms with Crippen molar-refractivity contribution in [3.63, 3.8) is 0 Å². The van der Waals surface area contributed by atoms with Crippen LogP contribution in [0, 0.1) is 0 Å². The molecule has 0 aliphatic rings. The first-order valence-corrected chi connectivity index (χ1v) is 6.14. The standard InChI is InChI=1S/C13H15F2N3O2/c1-17(9-11-16-6-7-18(11)13(14)15)12(19)5-4-10-3-2-8-20-10/h2-3,6-8,13H,4-5,9H2,1H3. The first-order valence-electron chi connectivity index (χ1n) is 6.14. The molecule has 2 aromatic rings. The number of alkyl halides is 2. The molecule has 20 heavy (non-hydrogen) atoms. The molecule has 0 atom stereocenters.